The summed E-state index contributed by atoms with van der Waals surface area (Å²) in [5, 5.41) is 15.0. The van der Waals surface area contributed by atoms with Crippen LogP contribution in [0.4, 0.5) is 8.78 Å². The number of fused-ring (bicyclic) bond motifs is 2. The molecule has 0 bridgehead atoms. The Morgan fingerprint density at radius 3 is 2.85 bits per heavy atom. The summed E-state index contributed by atoms with van der Waals surface area (Å²) in [4.78, 5) is 35.3. The molecule has 0 aliphatic carbocycles. The number of imidazole rings is 1. The van der Waals surface area contributed by atoms with E-state index in [1.54, 1.807) is 36.2 Å². The molecule has 12 heteroatoms. The molecule has 1 amide bonds. The van der Waals surface area contributed by atoms with Crippen LogP contribution in [0.15, 0.2) is 41.2 Å². The van der Waals surface area contributed by atoms with Crippen molar-refractivity contribution in [3.8, 4) is 11.8 Å². The van der Waals surface area contributed by atoms with Crippen LogP contribution in [0.2, 0.25) is 0 Å². The van der Waals surface area contributed by atoms with Gasteiger partial charge in [-0.05, 0) is 25.0 Å². The van der Waals surface area contributed by atoms with Gasteiger partial charge in [0, 0.05) is 31.7 Å². The molecule has 3 heterocycles. The van der Waals surface area contributed by atoms with E-state index in [1.165, 1.54) is 16.8 Å². The Morgan fingerprint density at radius 1 is 1.33 bits per heavy atom. The minimum Gasteiger partial charge on any atom is -0.486 e. The first kappa shape index (κ1) is 26.2. The van der Waals surface area contributed by atoms with E-state index in [0.29, 0.717) is 46.5 Å². The standard InChI is InChI=1S/C27H26F2N6O4/c1-34(13-17-5-4-8-38-17)26(36)14-35-27(37)19-7-3-2-6-18(19)20(33-35)11-25-31-21-9-16(12-30)23(10-22(21)32-25)39-15-24(28)29/h2-3,6-7,9-10,17,24H,4-5,8,11,13-15H2,1H3,(H,31,32). The fourth-order valence-corrected chi connectivity index (χ4v) is 4.68. The molecule has 0 saturated carbocycles. The molecule has 0 radical (unpaired) electrons. The summed E-state index contributed by atoms with van der Waals surface area (Å²) in [6.45, 7) is 0.0685. The summed E-state index contributed by atoms with van der Waals surface area (Å²) in [6.07, 6.45) is -0.648. The SMILES string of the molecule is CN(CC1CCCO1)C(=O)Cn1nc(Cc2nc3cc(OCC(F)F)c(C#N)cc3[nH]2)c2ccccc2c1=O. The maximum Gasteiger partial charge on any atom is 0.275 e. The highest BCUT2D eigenvalue weighted by Gasteiger charge is 2.22. The predicted octanol–water partition coefficient (Wildman–Crippen LogP) is 3.02. The highest BCUT2D eigenvalue weighted by atomic mass is 19.3. The second-order valence-electron chi connectivity index (χ2n) is 9.40. The Balaban J connectivity index is 1.44. The van der Waals surface area contributed by atoms with Gasteiger partial charge in [-0.2, -0.15) is 10.4 Å². The van der Waals surface area contributed by atoms with Gasteiger partial charge in [-0.15, -0.1) is 0 Å². The number of carbonyl (C=O) groups excluding carboxylic acids is 1. The van der Waals surface area contributed by atoms with Crippen molar-refractivity contribution in [3.63, 3.8) is 0 Å². The number of nitriles is 1. The van der Waals surface area contributed by atoms with Gasteiger partial charge in [-0.3, -0.25) is 9.59 Å². The molecule has 1 saturated heterocycles. The number of rotatable bonds is 9. The molecule has 202 valence electrons. The number of nitrogens with zero attached hydrogens (tertiary/aromatic N) is 5. The second-order valence-corrected chi connectivity index (χ2v) is 9.40. The topological polar surface area (TPSA) is 126 Å². The Labute approximate surface area is 221 Å². The lowest BCUT2D eigenvalue weighted by molar-refractivity contribution is -0.132. The number of amides is 1. The second kappa shape index (κ2) is 11.2. The summed E-state index contributed by atoms with van der Waals surface area (Å²) in [5.41, 5.74) is 1.19. The van der Waals surface area contributed by atoms with Crippen molar-refractivity contribution in [2.45, 2.75) is 38.3 Å². The number of ether oxygens (including phenoxy) is 2. The zero-order valence-electron chi connectivity index (χ0n) is 21.2. The van der Waals surface area contributed by atoms with Crippen LogP contribution in [0.1, 0.15) is 29.9 Å². The van der Waals surface area contributed by atoms with E-state index >= 15 is 0 Å². The maximum absolute atomic E-state index is 13.2. The summed E-state index contributed by atoms with van der Waals surface area (Å²) in [7, 11) is 1.68. The Kier molecular flexibility index (Phi) is 7.51. The Bertz CT molecular complexity index is 1620. The molecule has 39 heavy (non-hydrogen) atoms. The number of aromatic nitrogens is 4. The summed E-state index contributed by atoms with van der Waals surface area (Å²) in [5.74, 6) is 0.237. The molecule has 2 aromatic heterocycles. The minimum atomic E-state index is -2.68. The maximum atomic E-state index is 13.2. The van der Waals surface area contributed by atoms with Gasteiger partial charge in [0.2, 0.25) is 5.91 Å². The van der Waals surface area contributed by atoms with Gasteiger partial charge in [0.15, 0.2) is 0 Å². The Morgan fingerprint density at radius 2 is 2.13 bits per heavy atom. The van der Waals surface area contributed by atoms with Crippen molar-refractivity contribution in [2.24, 2.45) is 0 Å². The molecule has 5 rings (SSSR count). The first-order valence-electron chi connectivity index (χ1n) is 12.5. The predicted molar refractivity (Wildman–Crippen MR) is 138 cm³/mol. The van der Waals surface area contributed by atoms with Crippen LogP contribution in [0, 0.1) is 11.3 Å². The molecule has 1 aliphatic heterocycles. The van der Waals surface area contributed by atoms with E-state index in [1.807, 2.05) is 6.07 Å². The zero-order valence-corrected chi connectivity index (χ0v) is 21.2. The van der Waals surface area contributed by atoms with Crippen molar-refractivity contribution < 1.29 is 23.0 Å². The molecule has 1 atom stereocenters. The number of likely N-dealkylation sites (N-methyl/N-ethyl adjacent to an activating group) is 1. The van der Waals surface area contributed by atoms with E-state index in [-0.39, 0.29) is 41.8 Å². The smallest absolute Gasteiger partial charge is 0.275 e. The van der Waals surface area contributed by atoms with Gasteiger partial charge < -0.3 is 19.4 Å². The van der Waals surface area contributed by atoms with E-state index < -0.39 is 13.0 Å². The third kappa shape index (κ3) is 5.73. The van der Waals surface area contributed by atoms with Gasteiger partial charge in [0.05, 0.1) is 40.2 Å². The number of alkyl halides is 2. The molecule has 1 fully saturated rings. The fraction of sp³-hybridized carbons (Fsp3) is 0.370. The molecule has 10 nitrogen and oxygen atoms in total. The normalized spacial score (nSPS) is 15.2. The van der Waals surface area contributed by atoms with E-state index in [4.69, 9.17) is 9.47 Å². The summed E-state index contributed by atoms with van der Waals surface area (Å²) in [6, 6.07) is 11.9. The number of hydrogen-bond donors (Lipinski definition) is 1. The van der Waals surface area contributed by atoms with Crippen molar-refractivity contribution >= 4 is 27.7 Å². The highest BCUT2D eigenvalue weighted by molar-refractivity contribution is 5.85. The minimum absolute atomic E-state index is 0.00767. The number of H-pyrrole nitrogens is 1. The van der Waals surface area contributed by atoms with Gasteiger partial charge in [-0.25, -0.2) is 18.4 Å². The average Bonchev–Trinajstić information content (AvgIpc) is 3.58. The quantitative estimate of drug-likeness (QED) is 0.349. The van der Waals surface area contributed by atoms with E-state index in [0.717, 1.165) is 12.8 Å². The van der Waals surface area contributed by atoms with Crippen LogP contribution < -0.4 is 10.3 Å². The average molecular weight is 537 g/mol. The van der Waals surface area contributed by atoms with Gasteiger partial charge in [-0.1, -0.05) is 18.2 Å². The number of aromatic amines is 1. The van der Waals surface area contributed by atoms with E-state index in [2.05, 4.69) is 15.1 Å². The monoisotopic (exact) mass is 536 g/mol. The molecule has 4 aromatic rings. The lowest BCUT2D eigenvalue weighted by Gasteiger charge is -2.21. The molecular weight excluding hydrogens is 510 g/mol. The number of carbonyl (C=O) groups is 1. The zero-order chi connectivity index (χ0) is 27.5. The number of halogens is 2. The highest BCUT2D eigenvalue weighted by Crippen LogP contribution is 2.26. The number of nitrogens with one attached hydrogen (secondary N) is 1. The summed E-state index contributed by atoms with van der Waals surface area (Å²) < 4.78 is 37.1. The third-order valence-corrected chi connectivity index (χ3v) is 6.61. The molecule has 1 unspecified atom stereocenters. The molecule has 0 spiro atoms. The molecule has 1 aliphatic rings. The summed E-state index contributed by atoms with van der Waals surface area (Å²) >= 11 is 0. The first-order valence-corrected chi connectivity index (χ1v) is 12.5. The van der Waals surface area contributed by atoms with Gasteiger partial charge in [0.25, 0.3) is 12.0 Å². The van der Waals surface area contributed by atoms with Gasteiger partial charge >= 0.3 is 0 Å². The van der Waals surface area contributed by atoms with Crippen molar-refractivity contribution in [1.82, 2.24) is 24.6 Å². The lowest BCUT2D eigenvalue weighted by Crippen LogP contribution is -2.39. The van der Waals surface area contributed by atoms with E-state index in [9.17, 15) is 23.6 Å². The van der Waals surface area contributed by atoms with Crippen molar-refractivity contribution in [3.05, 3.63) is 63.8 Å². The largest absolute Gasteiger partial charge is 0.486 e. The van der Waals surface area contributed by atoms with Crippen LogP contribution >= 0.6 is 0 Å². The number of benzene rings is 2. The van der Waals surface area contributed by atoms with Crippen LogP contribution in [-0.2, 0) is 22.5 Å². The molecule has 2 aromatic carbocycles. The first-order chi connectivity index (χ1) is 18.8. The molecule has 1 N–H and O–H groups in total. The van der Waals surface area contributed by atoms with Crippen LogP contribution in [0.5, 0.6) is 5.75 Å². The Hall–Kier alpha value is -4.37. The van der Waals surface area contributed by atoms with Crippen LogP contribution in [0.3, 0.4) is 0 Å². The number of hydrogen-bond acceptors (Lipinski definition) is 7. The van der Waals surface area contributed by atoms with Crippen LogP contribution in [0.25, 0.3) is 21.8 Å². The van der Waals surface area contributed by atoms with Crippen molar-refractivity contribution in [2.75, 3.05) is 26.8 Å². The molecular formula is C27H26F2N6O4. The van der Waals surface area contributed by atoms with Gasteiger partial charge in [0.1, 0.15) is 30.8 Å². The fourth-order valence-electron chi connectivity index (χ4n) is 4.68. The third-order valence-electron chi connectivity index (χ3n) is 6.61. The lowest BCUT2D eigenvalue weighted by atomic mass is 10.1. The van der Waals surface area contributed by atoms with Crippen LogP contribution in [-0.4, -0.2) is 69.9 Å². The van der Waals surface area contributed by atoms with Crippen molar-refractivity contribution in [1.29, 1.82) is 5.26 Å².